The van der Waals surface area contributed by atoms with Gasteiger partial charge in [0.15, 0.2) is 25.1 Å². The van der Waals surface area contributed by atoms with Gasteiger partial charge in [-0.1, -0.05) is 6.07 Å². The van der Waals surface area contributed by atoms with Crippen molar-refractivity contribution in [2.24, 2.45) is 0 Å². The summed E-state index contributed by atoms with van der Waals surface area (Å²) in [6.07, 6.45) is 1.17. The van der Waals surface area contributed by atoms with Crippen LogP contribution in [-0.2, 0) is 15.9 Å². The van der Waals surface area contributed by atoms with Gasteiger partial charge in [-0.3, -0.25) is 0 Å². The third-order valence-electron chi connectivity index (χ3n) is 2.64. The van der Waals surface area contributed by atoms with Crippen LogP contribution in [0.15, 0.2) is 12.1 Å². The van der Waals surface area contributed by atoms with Crippen LogP contribution in [0.2, 0.25) is 0 Å². The van der Waals surface area contributed by atoms with Crippen molar-refractivity contribution < 1.29 is 18.9 Å². The molecule has 0 aliphatic carbocycles. The summed E-state index contributed by atoms with van der Waals surface area (Å²) in [5.74, 6) is 1.24. The molecule has 0 aromatic heterocycles. The van der Waals surface area contributed by atoms with Crippen LogP contribution < -0.4 is 9.47 Å². The molecule has 0 atom stereocenters. The van der Waals surface area contributed by atoms with Crippen LogP contribution in [-0.4, -0.2) is 27.8 Å². The fraction of sp³-hybridized carbons (Fsp3) is 0.500. The van der Waals surface area contributed by atoms with E-state index < -0.39 is 0 Å². The smallest absolute Gasteiger partial charge is 0.188 e. The Bertz CT molecular complexity index is 440. The molecule has 0 radical (unpaired) electrons. The van der Waals surface area contributed by atoms with E-state index in [1.807, 2.05) is 19.1 Å². The number of ether oxygens (including phenoxy) is 4. The fourth-order valence-corrected chi connectivity index (χ4v) is 1.70. The summed E-state index contributed by atoms with van der Waals surface area (Å²) in [5.41, 5.74) is 2.03. The molecule has 0 fully saturated rings. The highest BCUT2D eigenvalue weighted by atomic mass is 16.7. The summed E-state index contributed by atoms with van der Waals surface area (Å²) < 4.78 is 20.8. The Morgan fingerprint density at radius 3 is 2.42 bits per heavy atom. The lowest BCUT2D eigenvalue weighted by molar-refractivity contribution is 0.0318. The predicted octanol–water partition coefficient (Wildman–Crippen LogP) is 2.42. The van der Waals surface area contributed by atoms with E-state index in [1.54, 1.807) is 14.2 Å². The van der Waals surface area contributed by atoms with Crippen LogP contribution in [0.3, 0.4) is 0 Å². The Morgan fingerprint density at radius 1 is 1.11 bits per heavy atom. The Labute approximate surface area is 113 Å². The molecule has 0 amide bonds. The van der Waals surface area contributed by atoms with Crippen molar-refractivity contribution >= 4 is 0 Å². The van der Waals surface area contributed by atoms with Gasteiger partial charge in [-0.25, -0.2) is 0 Å². The first-order valence-corrected chi connectivity index (χ1v) is 5.97. The number of rotatable bonds is 8. The second-order valence-electron chi connectivity index (χ2n) is 3.94. The molecule has 1 rings (SSSR count). The van der Waals surface area contributed by atoms with Gasteiger partial charge >= 0.3 is 0 Å². The molecular weight excluding hydrogens is 246 g/mol. The van der Waals surface area contributed by atoms with E-state index in [9.17, 15) is 0 Å². The Morgan fingerprint density at radius 2 is 1.79 bits per heavy atom. The summed E-state index contributed by atoms with van der Waals surface area (Å²) in [5, 5.41) is 8.66. The monoisotopic (exact) mass is 265 g/mol. The third kappa shape index (κ3) is 4.43. The largest absolute Gasteiger partial charge is 0.464 e. The van der Waals surface area contributed by atoms with Crippen LogP contribution in [0, 0.1) is 18.3 Å². The van der Waals surface area contributed by atoms with Crippen molar-refractivity contribution in [2.45, 2.75) is 19.8 Å². The zero-order valence-electron chi connectivity index (χ0n) is 11.6. The van der Waals surface area contributed by atoms with Gasteiger partial charge in [0.05, 0.1) is 6.07 Å². The van der Waals surface area contributed by atoms with Crippen molar-refractivity contribution in [2.75, 3.05) is 27.8 Å². The molecular formula is C14H19NO4. The van der Waals surface area contributed by atoms with Gasteiger partial charge in [-0.15, -0.1) is 0 Å². The van der Waals surface area contributed by atoms with Gasteiger partial charge in [-0.2, -0.15) is 5.26 Å². The van der Waals surface area contributed by atoms with E-state index in [-0.39, 0.29) is 13.6 Å². The van der Waals surface area contributed by atoms with Crippen molar-refractivity contribution in [3.63, 3.8) is 0 Å². The molecule has 0 aliphatic rings. The van der Waals surface area contributed by atoms with Crippen molar-refractivity contribution in [3.05, 3.63) is 23.3 Å². The van der Waals surface area contributed by atoms with Crippen molar-refractivity contribution in [1.82, 2.24) is 0 Å². The molecule has 0 saturated heterocycles. The van der Waals surface area contributed by atoms with Gasteiger partial charge in [0.2, 0.25) is 0 Å². The molecule has 104 valence electrons. The molecule has 0 N–H and O–H groups in total. The molecule has 0 heterocycles. The minimum absolute atomic E-state index is 0.145. The highest BCUT2D eigenvalue weighted by molar-refractivity contribution is 5.50. The van der Waals surface area contributed by atoms with Crippen molar-refractivity contribution in [1.29, 1.82) is 5.26 Å². The molecule has 19 heavy (non-hydrogen) atoms. The Balaban J connectivity index is 2.97. The second-order valence-corrected chi connectivity index (χ2v) is 3.94. The zero-order valence-corrected chi connectivity index (χ0v) is 11.6. The van der Waals surface area contributed by atoms with Gasteiger partial charge in [0, 0.05) is 20.6 Å². The normalized spacial score (nSPS) is 10.0. The van der Waals surface area contributed by atoms with Crippen LogP contribution in [0.25, 0.3) is 0 Å². The highest BCUT2D eigenvalue weighted by Gasteiger charge is 2.12. The van der Waals surface area contributed by atoms with E-state index in [0.29, 0.717) is 24.3 Å². The van der Waals surface area contributed by atoms with Gasteiger partial charge in [0.25, 0.3) is 0 Å². The maximum absolute atomic E-state index is 8.66. The molecule has 0 saturated carbocycles. The molecule has 1 aromatic carbocycles. The molecule has 5 heteroatoms. The fourth-order valence-electron chi connectivity index (χ4n) is 1.70. The zero-order chi connectivity index (χ0) is 14.1. The first-order chi connectivity index (χ1) is 9.24. The van der Waals surface area contributed by atoms with E-state index >= 15 is 0 Å². The van der Waals surface area contributed by atoms with Crippen LogP contribution in [0.5, 0.6) is 11.5 Å². The lowest BCUT2D eigenvalue weighted by Crippen LogP contribution is -2.07. The van der Waals surface area contributed by atoms with Crippen LogP contribution >= 0.6 is 0 Å². The van der Waals surface area contributed by atoms with E-state index in [0.717, 1.165) is 11.1 Å². The second kappa shape index (κ2) is 8.35. The predicted molar refractivity (Wildman–Crippen MR) is 70.1 cm³/mol. The maximum atomic E-state index is 8.66. The standard InChI is InChI=1S/C14H19NO4/c1-11-12(5-4-8-15)6-7-13(18-9-16-2)14(11)19-10-17-3/h6-7H,4-5,9-10H2,1-3H3. The van der Waals surface area contributed by atoms with Gasteiger partial charge in [0.1, 0.15) is 0 Å². The van der Waals surface area contributed by atoms with E-state index in [2.05, 4.69) is 6.07 Å². The molecule has 0 unspecified atom stereocenters. The number of hydrogen-bond donors (Lipinski definition) is 0. The Kier molecular flexibility index (Phi) is 6.72. The van der Waals surface area contributed by atoms with Crippen LogP contribution in [0.1, 0.15) is 17.5 Å². The SMILES string of the molecule is COCOc1ccc(CCC#N)c(C)c1OCOC. The average Bonchev–Trinajstić information content (AvgIpc) is 2.43. The molecule has 1 aromatic rings. The quantitative estimate of drug-likeness (QED) is 0.675. The minimum Gasteiger partial charge on any atom is -0.464 e. The summed E-state index contributed by atoms with van der Waals surface area (Å²) in [7, 11) is 3.12. The molecule has 0 bridgehead atoms. The number of benzene rings is 1. The van der Waals surface area contributed by atoms with E-state index in [4.69, 9.17) is 24.2 Å². The third-order valence-corrected chi connectivity index (χ3v) is 2.64. The summed E-state index contributed by atoms with van der Waals surface area (Å²) in [6.45, 7) is 2.24. The van der Waals surface area contributed by atoms with Crippen molar-refractivity contribution in [3.8, 4) is 17.6 Å². The minimum atomic E-state index is 0.145. The lowest BCUT2D eigenvalue weighted by atomic mass is 10.0. The Hall–Kier alpha value is -1.77. The lowest BCUT2D eigenvalue weighted by Gasteiger charge is -2.16. The van der Waals surface area contributed by atoms with Gasteiger partial charge in [-0.05, 0) is 30.5 Å². The molecule has 0 spiro atoms. The maximum Gasteiger partial charge on any atom is 0.188 e. The number of methoxy groups -OCH3 is 2. The molecule has 0 aliphatic heterocycles. The van der Waals surface area contributed by atoms with Gasteiger partial charge < -0.3 is 18.9 Å². The summed E-state index contributed by atoms with van der Waals surface area (Å²) in [6, 6.07) is 5.90. The number of hydrogen-bond acceptors (Lipinski definition) is 5. The highest BCUT2D eigenvalue weighted by Crippen LogP contribution is 2.34. The summed E-state index contributed by atoms with van der Waals surface area (Å²) in [4.78, 5) is 0. The first kappa shape index (κ1) is 15.3. The number of aryl methyl sites for hydroxylation is 1. The summed E-state index contributed by atoms with van der Waals surface area (Å²) >= 11 is 0. The average molecular weight is 265 g/mol. The number of nitriles is 1. The first-order valence-electron chi connectivity index (χ1n) is 5.97. The molecule has 5 nitrogen and oxygen atoms in total. The van der Waals surface area contributed by atoms with E-state index in [1.165, 1.54) is 0 Å². The topological polar surface area (TPSA) is 60.7 Å². The van der Waals surface area contributed by atoms with Crippen LogP contribution in [0.4, 0.5) is 0 Å². The number of nitrogens with zero attached hydrogens (tertiary/aromatic N) is 1.